The minimum atomic E-state index is -0.188. The van der Waals surface area contributed by atoms with E-state index in [1.54, 1.807) is 6.20 Å². The van der Waals surface area contributed by atoms with Crippen molar-refractivity contribution in [1.82, 2.24) is 15.4 Å². The van der Waals surface area contributed by atoms with Gasteiger partial charge in [-0.1, -0.05) is 0 Å². The van der Waals surface area contributed by atoms with E-state index >= 15 is 0 Å². The second-order valence-corrected chi connectivity index (χ2v) is 3.53. The summed E-state index contributed by atoms with van der Waals surface area (Å²) in [6, 6.07) is 0. The molecular weight excluding hydrogens is 134 g/mol. The molecule has 1 N–H and O–H groups in total. The third-order valence-corrected chi connectivity index (χ3v) is 1.27. The van der Waals surface area contributed by atoms with Crippen LogP contribution in [0, 0.1) is 0 Å². The van der Waals surface area contributed by atoms with Crippen LogP contribution in [0.1, 0.15) is 19.5 Å². The molecule has 0 aliphatic heterocycles. The first-order chi connectivity index (χ1) is 4.11. The molecule has 0 atom stereocenters. The van der Waals surface area contributed by atoms with Gasteiger partial charge in [0.15, 0.2) is 0 Å². The van der Waals surface area contributed by atoms with Gasteiger partial charge in [-0.3, -0.25) is 0 Å². The van der Waals surface area contributed by atoms with Gasteiger partial charge in [0.1, 0.15) is 0 Å². The molecule has 1 aromatic rings. The lowest BCUT2D eigenvalue weighted by molar-refractivity contribution is 0.745. The van der Waals surface area contributed by atoms with Crippen molar-refractivity contribution in [3.05, 3.63) is 11.9 Å². The molecule has 1 aromatic heterocycles. The number of hydrogen-bond donors (Lipinski definition) is 2. The van der Waals surface area contributed by atoms with E-state index in [1.807, 2.05) is 13.8 Å². The van der Waals surface area contributed by atoms with Crippen LogP contribution in [0.2, 0.25) is 0 Å². The molecule has 9 heavy (non-hydrogen) atoms. The number of nitrogens with zero attached hydrogens (tertiary/aromatic N) is 2. The zero-order chi connectivity index (χ0) is 6.91. The Morgan fingerprint density at radius 1 is 1.67 bits per heavy atom. The topological polar surface area (TPSA) is 41.6 Å². The zero-order valence-electron chi connectivity index (χ0n) is 5.42. The molecule has 0 aromatic carbocycles. The van der Waals surface area contributed by atoms with Gasteiger partial charge in [0, 0.05) is 0 Å². The molecule has 4 heteroatoms. The van der Waals surface area contributed by atoms with Crippen LogP contribution in [0.25, 0.3) is 0 Å². The average molecular weight is 143 g/mol. The number of hydrogen-bond acceptors (Lipinski definition) is 3. The van der Waals surface area contributed by atoms with Crippen LogP contribution in [-0.4, -0.2) is 15.4 Å². The van der Waals surface area contributed by atoms with Crippen LogP contribution in [-0.2, 0) is 4.75 Å². The highest BCUT2D eigenvalue weighted by Gasteiger charge is 2.16. The molecule has 0 unspecified atom stereocenters. The molecular formula is C5H9N3S. The monoisotopic (exact) mass is 143 g/mol. The molecule has 0 fully saturated rings. The van der Waals surface area contributed by atoms with Crippen LogP contribution >= 0.6 is 12.6 Å². The third kappa shape index (κ3) is 1.45. The maximum atomic E-state index is 4.29. The van der Waals surface area contributed by atoms with Gasteiger partial charge in [0.05, 0.1) is 16.6 Å². The Balaban J connectivity index is 2.90. The molecule has 0 radical (unpaired) electrons. The van der Waals surface area contributed by atoms with E-state index in [0.717, 1.165) is 5.69 Å². The molecule has 3 nitrogen and oxygen atoms in total. The van der Waals surface area contributed by atoms with Crippen LogP contribution in [0.15, 0.2) is 6.20 Å². The first-order valence-corrected chi connectivity index (χ1v) is 3.14. The summed E-state index contributed by atoms with van der Waals surface area (Å²) in [7, 11) is 0. The van der Waals surface area contributed by atoms with Crippen LogP contribution in [0.4, 0.5) is 0 Å². The molecule has 1 rings (SSSR count). The average Bonchev–Trinajstić information content (AvgIpc) is 2.08. The van der Waals surface area contributed by atoms with Crippen molar-refractivity contribution in [2.75, 3.05) is 0 Å². The largest absolute Gasteiger partial charge is 0.198 e. The summed E-state index contributed by atoms with van der Waals surface area (Å²) in [5, 5.41) is 10.1. The third-order valence-electron chi connectivity index (χ3n) is 1.04. The summed E-state index contributed by atoms with van der Waals surface area (Å²) < 4.78 is -0.188. The zero-order valence-corrected chi connectivity index (χ0v) is 6.31. The Bertz CT molecular complexity index is 175. The van der Waals surface area contributed by atoms with Gasteiger partial charge in [0.2, 0.25) is 0 Å². The summed E-state index contributed by atoms with van der Waals surface area (Å²) in [6.45, 7) is 3.93. The first kappa shape index (κ1) is 6.61. The van der Waals surface area contributed by atoms with E-state index in [1.165, 1.54) is 0 Å². The second kappa shape index (κ2) is 2.02. The highest BCUT2D eigenvalue weighted by Crippen LogP contribution is 2.23. The van der Waals surface area contributed by atoms with Crippen molar-refractivity contribution >= 4 is 12.6 Å². The highest BCUT2D eigenvalue weighted by atomic mass is 32.1. The lowest BCUT2D eigenvalue weighted by Gasteiger charge is -2.11. The molecule has 50 valence electrons. The molecule has 0 aliphatic carbocycles. The Kier molecular flexibility index (Phi) is 1.48. The highest BCUT2D eigenvalue weighted by molar-refractivity contribution is 7.81. The summed E-state index contributed by atoms with van der Waals surface area (Å²) in [4.78, 5) is 0. The minimum absolute atomic E-state index is 0.188. The number of aromatic nitrogens is 3. The SMILES string of the molecule is CC(C)(S)c1cn[nH]n1. The van der Waals surface area contributed by atoms with Crippen molar-refractivity contribution in [3.63, 3.8) is 0 Å². The van der Waals surface area contributed by atoms with Gasteiger partial charge in [-0.2, -0.15) is 28.0 Å². The molecule has 0 amide bonds. The quantitative estimate of drug-likeness (QED) is 0.575. The molecule has 0 bridgehead atoms. The predicted molar refractivity (Wildman–Crippen MR) is 38.4 cm³/mol. The van der Waals surface area contributed by atoms with E-state index in [9.17, 15) is 0 Å². The number of thiol groups is 1. The fourth-order valence-corrected chi connectivity index (χ4v) is 0.604. The van der Waals surface area contributed by atoms with Gasteiger partial charge in [-0.15, -0.1) is 0 Å². The number of aromatic amines is 1. The van der Waals surface area contributed by atoms with E-state index < -0.39 is 0 Å². The molecule has 1 heterocycles. The summed E-state index contributed by atoms with van der Waals surface area (Å²) in [5.74, 6) is 0. The smallest absolute Gasteiger partial charge is 0.0976 e. The number of nitrogens with one attached hydrogen (secondary N) is 1. The summed E-state index contributed by atoms with van der Waals surface area (Å²) in [6.07, 6.45) is 1.67. The number of H-pyrrole nitrogens is 1. The fraction of sp³-hybridized carbons (Fsp3) is 0.600. The summed E-state index contributed by atoms with van der Waals surface area (Å²) >= 11 is 4.29. The number of rotatable bonds is 1. The minimum Gasteiger partial charge on any atom is -0.198 e. The predicted octanol–water partition coefficient (Wildman–Crippen LogP) is 0.970. The lowest BCUT2D eigenvalue weighted by atomic mass is 10.1. The van der Waals surface area contributed by atoms with Crippen molar-refractivity contribution in [3.8, 4) is 0 Å². The van der Waals surface area contributed by atoms with Gasteiger partial charge >= 0.3 is 0 Å². The normalized spacial score (nSPS) is 11.9. The molecule has 0 spiro atoms. The van der Waals surface area contributed by atoms with Gasteiger partial charge in [-0.25, -0.2) is 0 Å². The van der Waals surface area contributed by atoms with Crippen molar-refractivity contribution in [2.24, 2.45) is 0 Å². The Labute approximate surface area is 59.3 Å². The van der Waals surface area contributed by atoms with Crippen LogP contribution < -0.4 is 0 Å². The summed E-state index contributed by atoms with van der Waals surface area (Å²) in [5.41, 5.74) is 0.867. The standard InChI is InChI=1S/C5H9N3S/c1-5(2,9)4-3-6-8-7-4/h3,9H,1-2H3,(H,6,7,8). The maximum Gasteiger partial charge on any atom is 0.0976 e. The first-order valence-electron chi connectivity index (χ1n) is 2.69. The van der Waals surface area contributed by atoms with Crippen molar-refractivity contribution in [1.29, 1.82) is 0 Å². The van der Waals surface area contributed by atoms with E-state index in [2.05, 4.69) is 28.0 Å². The van der Waals surface area contributed by atoms with E-state index in [0.29, 0.717) is 0 Å². The molecule has 0 saturated carbocycles. The Morgan fingerprint density at radius 2 is 2.33 bits per heavy atom. The van der Waals surface area contributed by atoms with Gasteiger partial charge in [0.25, 0.3) is 0 Å². The maximum absolute atomic E-state index is 4.29. The van der Waals surface area contributed by atoms with Gasteiger partial charge < -0.3 is 0 Å². The fourth-order valence-electron chi connectivity index (χ4n) is 0.496. The van der Waals surface area contributed by atoms with E-state index in [-0.39, 0.29) is 4.75 Å². The van der Waals surface area contributed by atoms with E-state index in [4.69, 9.17) is 0 Å². The van der Waals surface area contributed by atoms with Crippen molar-refractivity contribution < 1.29 is 0 Å². The van der Waals surface area contributed by atoms with Crippen LogP contribution in [0.3, 0.4) is 0 Å². The second-order valence-electron chi connectivity index (χ2n) is 2.41. The van der Waals surface area contributed by atoms with Crippen LogP contribution in [0.5, 0.6) is 0 Å². The molecule has 0 saturated heterocycles. The lowest BCUT2D eigenvalue weighted by Crippen LogP contribution is -2.07. The van der Waals surface area contributed by atoms with Crippen molar-refractivity contribution in [2.45, 2.75) is 18.6 Å². The Morgan fingerprint density at radius 3 is 2.56 bits per heavy atom. The molecule has 0 aliphatic rings. The van der Waals surface area contributed by atoms with Gasteiger partial charge in [-0.05, 0) is 13.8 Å². The Hall–Kier alpha value is -0.510.